The summed E-state index contributed by atoms with van der Waals surface area (Å²) in [7, 11) is 0. The molecule has 0 bridgehead atoms. The van der Waals surface area contributed by atoms with Gasteiger partial charge in [-0.1, -0.05) is 42.5 Å². The molecule has 2 heterocycles. The summed E-state index contributed by atoms with van der Waals surface area (Å²) in [6, 6.07) is 12.8. The van der Waals surface area contributed by atoms with Crippen LogP contribution in [0.4, 0.5) is 4.79 Å². The summed E-state index contributed by atoms with van der Waals surface area (Å²) in [4.78, 5) is 42.4. The lowest BCUT2D eigenvalue weighted by Gasteiger charge is -2.33. The van der Waals surface area contributed by atoms with Crippen molar-refractivity contribution in [3.63, 3.8) is 0 Å². The lowest BCUT2D eigenvalue weighted by molar-refractivity contribution is -0.143. The third kappa shape index (κ3) is 3.12. The smallest absolute Gasteiger partial charge is 0.326 e. The third-order valence-corrected chi connectivity index (χ3v) is 7.09. The second-order valence-electron chi connectivity index (χ2n) is 9.02. The molecule has 5 rings (SSSR count). The van der Waals surface area contributed by atoms with E-state index in [1.807, 2.05) is 30.3 Å². The Kier molecular flexibility index (Phi) is 4.61. The van der Waals surface area contributed by atoms with Crippen molar-refractivity contribution >= 4 is 17.8 Å². The summed E-state index contributed by atoms with van der Waals surface area (Å²) >= 11 is 0. The predicted molar refractivity (Wildman–Crippen MR) is 116 cm³/mol. The van der Waals surface area contributed by atoms with Gasteiger partial charge in [-0.3, -0.25) is 9.59 Å². The normalized spacial score (nSPS) is 23.4. The second-order valence-corrected chi connectivity index (χ2v) is 9.02. The summed E-state index contributed by atoms with van der Waals surface area (Å²) in [6.45, 7) is 4.48. The number of fused-ring (bicyclic) bond motifs is 2. The molecule has 2 aliphatic heterocycles. The fraction of sp³-hybridized carbons (Fsp3) is 0.400. The molecule has 1 saturated heterocycles. The van der Waals surface area contributed by atoms with Crippen LogP contribution in [0.3, 0.4) is 0 Å². The lowest BCUT2D eigenvalue weighted by Crippen LogP contribution is -2.51. The monoisotopic (exact) mass is 417 g/mol. The Bertz CT molecular complexity index is 1100. The Morgan fingerprint density at radius 2 is 1.71 bits per heavy atom. The molecule has 0 unspecified atom stereocenters. The average molecular weight is 418 g/mol. The first-order chi connectivity index (χ1) is 14.9. The van der Waals surface area contributed by atoms with Crippen LogP contribution < -0.4 is 5.32 Å². The number of nitrogens with one attached hydrogen (secondary N) is 1. The molecule has 6 heteroatoms. The Labute approximate surface area is 182 Å². The number of rotatable bonds is 3. The molecule has 0 aromatic heterocycles. The lowest BCUT2D eigenvalue weighted by atomic mass is 9.89. The van der Waals surface area contributed by atoms with Gasteiger partial charge in [0.25, 0.3) is 5.91 Å². The topological polar surface area (TPSA) is 69.7 Å². The molecule has 2 aromatic rings. The molecule has 0 spiro atoms. The van der Waals surface area contributed by atoms with Gasteiger partial charge < -0.3 is 10.2 Å². The molecular formula is C25H27N3O3. The van der Waals surface area contributed by atoms with E-state index in [1.165, 1.54) is 16.7 Å². The van der Waals surface area contributed by atoms with Crippen LogP contribution in [0, 0.1) is 0 Å². The molecule has 160 valence electrons. The van der Waals surface area contributed by atoms with E-state index in [1.54, 1.807) is 18.7 Å². The van der Waals surface area contributed by atoms with Gasteiger partial charge in [-0.05, 0) is 67.3 Å². The van der Waals surface area contributed by atoms with Gasteiger partial charge >= 0.3 is 6.03 Å². The van der Waals surface area contributed by atoms with E-state index in [9.17, 15) is 14.4 Å². The van der Waals surface area contributed by atoms with E-state index in [0.29, 0.717) is 13.1 Å². The van der Waals surface area contributed by atoms with Gasteiger partial charge in [0.15, 0.2) is 0 Å². The highest BCUT2D eigenvalue weighted by Gasteiger charge is 2.52. The van der Waals surface area contributed by atoms with E-state index >= 15 is 0 Å². The van der Waals surface area contributed by atoms with Crippen LogP contribution in [0.25, 0.3) is 0 Å². The van der Waals surface area contributed by atoms with Gasteiger partial charge in [-0.2, -0.15) is 0 Å². The van der Waals surface area contributed by atoms with Crippen molar-refractivity contribution in [3.05, 3.63) is 70.3 Å². The fourth-order valence-corrected chi connectivity index (χ4v) is 5.15. The first-order valence-electron chi connectivity index (χ1n) is 11.0. The van der Waals surface area contributed by atoms with E-state index in [4.69, 9.17) is 0 Å². The molecule has 1 aliphatic carbocycles. The van der Waals surface area contributed by atoms with Crippen LogP contribution >= 0.6 is 0 Å². The molecular weight excluding hydrogens is 390 g/mol. The molecule has 1 N–H and O–H groups in total. The minimum atomic E-state index is -1.16. The number of amides is 4. The molecule has 6 nitrogen and oxygen atoms in total. The van der Waals surface area contributed by atoms with E-state index in [0.717, 1.165) is 41.7 Å². The van der Waals surface area contributed by atoms with Crippen LogP contribution in [-0.4, -0.2) is 40.2 Å². The molecule has 31 heavy (non-hydrogen) atoms. The Balaban J connectivity index is 1.37. The van der Waals surface area contributed by atoms with Gasteiger partial charge in [0.2, 0.25) is 5.91 Å². The minimum Gasteiger partial charge on any atom is -0.336 e. The largest absolute Gasteiger partial charge is 0.336 e. The molecule has 0 saturated carbocycles. The van der Waals surface area contributed by atoms with Gasteiger partial charge in [0, 0.05) is 13.1 Å². The maximum atomic E-state index is 13.4. The summed E-state index contributed by atoms with van der Waals surface area (Å²) < 4.78 is 0. The summed E-state index contributed by atoms with van der Waals surface area (Å²) in [5.74, 6) is -0.565. The van der Waals surface area contributed by atoms with Crippen LogP contribution in [0.15, 0.2) is 42.5 Å². The highest BCUT2D eigenvalue weighted by molar-refractivity contribution is 6.10. The number of hydrogen-bond acceptors (Lipinski definition) is 3. The number of carbonyl (C=O) groups excluding carboxylic acids is 3. The molecule has 2 atom stereocenters. The molecule has 2 aromatic carbocycles. The number of aryl methyl sites for hydroxylation is 2. The summed E-state index contributed by atoms with van der Waals surface area (Å²) in [6.07, 6.45) is 3.95. The minimum absolute atomic E-state index is 0.198. The van der Waals surface area contributed by atoms with Crippen molar-refractivity contribution in [1.82, 2.24) is 15.1 Å². The van der Waals surface area contributed by atoms with Gasteiger partial charge in [0.1, 0.15) is 11.6 Å². The third-order valence-electron chi connectivity index (χ3n) is 7.09. The zero-order valence-corrected chi connectivity index (χ0v) is 18.0. The van der Waals surface area contributed by atoms with Gasteiger partial charge in [-0.25, -0.2) is 9.69 Å². The Hall–Kier alpha value is -3.15. The Morgan fingerprint density at radius 1 is 1.00 bits per heavy atom. The maximum absolute atomic E-state index is 13.4. The number of nitrogens with zero attached hydrogens (tertiary/aromatic N) is 2. The molecule has 3 aliphatic rings. The Morgan fingerprint density at radius 3 is 2.52 bits per heavy atom. The van der Waals surface area contributed by atoms with Crippen molar-refractivity contribution in [2.45, 2.75) is 57.7 Å². The van der Waals surface area contributed by atoms with Crippen molar-refractivity contribution in [1.29, 1.82) is 0 Å². The van der Waals surface area contributed by atoms with E-state index in [-0.39, 0.29) is 11.8 Å². The number of hydrogen-bond donors (Lipinski definition) is 1. The molecule has 0 radical (unpaired) electrons. The van der Waals surface area contributed by atoms with E-state index < -0.39 is 17.6 Å². The van der Waals surface area contributed by atoms with Crippen molar-refractivity contribution < 1.29 is 14.4 Å². The number of imide groups is 1. The predicted octanol–water partition coefficient (Wildman–Crippen LogP) is 2.92. The van der Waals surface area contributed by atoms with Crippen LogP contribution in [-0.2, 0) is 40.9 Å². The summed E-state index contributed by atoms with van der Waals surface area (Å²) in [5.41, 5.74) is 4.55. The highest BCUT2D eigenvalue weighted by atomic mass is 16.2. The fourth-order valence-electron chi connectivity index (χ4n) is 5.15. The maximum Gasteiger partial charge on any atom is 0.326 e. The molecule has 4 amide bonds. The second kappa shape index (κ2) is 7.22. The number of urea groups is 1. The first kappa shape index (κ1) is 19.8. The van der Waals surface area contributed by atoms with Gasteiger partial charge in [-0.15, -0.1) is 0 Å². The van der Waals surface area contributed by atoms with Gasteiger partial charge in [0.05, 0.1) is 0 Å². The van der Waals surface area contributed by atoms with Crippen molar-refractivity contribution in [2.24, 2.45) is 0 Å². The van der Waals surface area contributed by atoms with Crippen LogP contribution in [0.2, 0.25) is 0 Å². The van der Waals surface area contributed by atoms with Crippen molar-refractivity contribution in [2.75, 3.05) is 6.54 Å². The standard InChI is InChI=1S/C25H27N3O3/c1-16(22(29)27-13-12-18-6-3-4-7-20(18)15-27)28-23(30)25(2,26-24(28)31)21-11-10-17-8-5-9-19(17)14-21/h3-4,6-7,10-11,14,16H,5,8-9,12-13,15H2,1-2H3,(H,26,31)/t16-,25+/m0/s1. The first-order valence-corrected chi connectivity index (χ1v) is 11.0. The number of carbonyl (C=O) groups is 3. The van der Waals surface area contributed by atoms with Crippen molar-refractivity contribution in [3.8, 4) is 0 Å². The summed E-state index contributed by atoms with van der Waals surface area (Å²) in [5, 5.41) is 2.86. The number of benzene rings is 2. The SMILES string of the molecule is C[C@@H](C(=O)N1CCc2ccccc2C1)N1C(=O)N[C@](C)(c2ccc3c(c2)CCC3)C1=O. The molecule has 1 fully saturated rings. The zero-order valence-electron chi connectivity index (χ0n) is 18.0. The highest BCUT2D eigenvalue weighted by Crippen LogP contribution is 2.34. The zero-order chi connectivity index (χ0) is 21.8. The quantitative estimate of drug-likeness (QED) is 0.781. The average Bonchev–Trinajstić information content (AvgIpc) is 3.34. The van der Waals surface area contributed by atoms with Crippen LogP contribution in [0.5, 0.6) is 0 Å². The van der Waals surface area contributed by atoms with E-state index in [2.05, 4.69) is 17.4 Å². The van der Waals surface area contributed by atoms with Crippen LogP contribution in [0.1, 0.15) is 48.1 Å².